The molecule has 2 atom stereocenters. The number of hydrogen-bond donors (Lipinski definition) is 0. The number of hydrogen-bond acceptors (Lipinski definition) is 6. The fourth-order valence-corrected chi connectivity index (χ4v) is 2.27. The monoisotopic (exact) mass is 298 g/mol. The van der Waals surface area contributed by atoms with Crippen LogP contribution in [-0.4, -0.2) is 50.6 Å². The molecule has 0 amide bonds. The standard InChI is InChI=1S/C15H22O6/c16-14(20-10-12-4-2-8-18-12)6-1-7-15(17)21-11-13-5-3-9-19-13/h1,6,12-13H,2-5,7-11H2. The van der Waals surface area contributed by atoms with Crippen molar-refractivity contribution in [1.29, 1.82) is 0 Å². The number of carbonyl (C=O) groups excluding carboxylic acids is 2. The van der Waals surface area contributed by atoms with Gasteiger partial charge in [0.05, 0.1) is 18.6 Å². The first-order valence-electron chi connectivity index (χ1n) is 7.46. The summed E-state index contributed by atoms with van der Waals surface area (Å²) in [5.41, 5.74) is 0. The largest absolute Gasteiger partial charge is 0.463 e. The van der Waals surface area contributed by atoms with Crippen molar-refractivity contribution >= 4 is 11.9 Å². The molecular weight excluding hydrogens is 276 g/mol. The fourth-order valence-electron chi connectivity index (χ4n) is 2.27. The van der Waals surface area contributed by atoms with Crippen molar-refractivity contribution < 1.29 is 28.5 Å². The average molecular weight is 298 g/mol. The molecule has 0 aliphatic carbocycles. The van der Waals surface area contributed by atoms with E-state index in [9.17, 15) is 9.59 Å². The molecule has 0 N–H and O–H groups in total. The van der Waals surface area contributed by atoms with Gasteiger partial charge in [0, 0.05) is 19.3 Å². The van der Waals surface area contributed by atoms with Crippen molar-refractivity contribution in [3.05, 3.63) is 12.2 Å². The third-order valence-corrected chi connectivity index (χ3v) is 3.43. The van der Waals surface area contributed by atoms with Gasteiger partial charge >= 0.3 is 11.9 Å². The molecule has 6 heteroatoms. The third kappa shape index (κ3) is 6.27. The minimum Gasteiger partial charge on any atom is -0.463 e. The third-order valence-electron chi connectivity index (χ3n) is 3.43. The zero-order valence-corrected chi connectivity index (χ0v) is 12.1. The van der Waals surface area contributed by atoms with Gasteiger partial charge in [0.25, 0.3) is 0 Å². The summed E-state index contributed by atoms with van der Waals surface area (Å²) in [4.78, 5) is 22.9. The molecular formula is C15H22O6. The highest BCUT2D eigenvalue weighted by molar-refractivity contribution is 5.83. The molecule has 0 saturated carbocycles. The van der Waals surface area contributed by atoms with Gasteiger partial charge in [0.1, 0.15) is 13.2 Å². The Balaban J connectivity index is 1.53. The van der Waals surface area contributed by atoms with Crippen LogP contribution in [0.1, 0.15) is 32.1 Å². The predicted octanol–water partition coefficient (Wildman–Crippen LogP) is 1.38. The molecule has 2 aliphatic rings. The van der Waals surface area contributed by atoms with Gasteiger partial charge in [-0.2, -0.15) is 0 Å². The van der Waals surface area contributed by atoms with Crippen LogP contribution in [0.2, 0.25) is 0 Å². The van der Waals surface area contributed by atoms with Crippen molar-refractivity contribution in [2.45, 2.75) is 44.3 Å². The summed E-state index contributed by atoms with van der Waals surface area (Å²) >= 11 is 0. The maximum Gasteiger partial charge on any atom is 0.330 e. The van der Waals surface area contributed by atoms with Gasteiger partial charge in [0.2, 0.25) is 0 Å². The highest BCUT2D eigenvalue weighted by atomic mass is 16.6. The Hall–Kier alpha value is -1.40. The van der Waals surface area contributed by atoms with Crippen molar-refractivity contribution in [3.63, 3.8) is 0 Å². The van der Waals surface area contributed by atoms with Gasteiger partial charge in [-0.15, -0.1) is 0 Å². The Morgan fingerprint density at radius 1 is 1.00 bits per heavy atom. The number of rotatable bonds is 7. The van der Waals surface area contributed by atoms with Gasteiger partial charge in [-0.3, -0.25) is 4.79 Å². The molecule has 21 heavy (non-hydrogen) atoms. The van der Waals surface area contributed by atoms with E-state index in [0.717, 1.165) is 38.9 Å². The van der Waals surface area contributed by atoms with Crippen LogP contribution < -0.4 is 0 Å². The number of esters is 2. The lowest BCUT2D eigenvalue weighted by Crippen LogP contribution is -2.17. The Bertz CT molecular complexity index is 366. The molecule has 0 aromatic carbocycles. The van der Waals surface area contributed by atoms with E-state index < -0.39 is 5.97 Å². The van der Waals surface area contributed by atoms with Gasteiger partial charge in [-0.1, -0.05) is 6.08 Å². The minimum atomic E-state index is -0.461. The zero-order valence-electron chi connectivity index (χ0n) is 12.1. The molecule has 2 fully saturated rings. The molecule has 2 saturated heterocycles. The van der Waals surface area contributed by atoms with Gasteiger partial charge < -0.3 is 18.9 Å². The summed E-state index contributed by atoms with van der Waals surface area (Å²) in [5.74, 6) is -0.828. The van der Waals surface area contributed by atoms with Gasteiger partial charge in [-0.05, 0) is 25.7 Å². The summed E-state index contributed by atoms with van der Waals surface area (Å²) in [6.07, 6.45) is 6.67. The summed E-state index contributed by atoms with van der Waals surface area (Å²) in [5, 5.41) is 0. The van der Waals surface area contributed by atoms with Gasteiger partial charge in [-0.25, -0.2) is 4.79 Å². The first-order valence-corrected chi connectivity index (χ1v) is 7.46. The SMILES string of the molecule is O=C(C=CCC(=O)OCC1CCCO1)OCC1CCCO1. The van der Waals surface area contributed by atoms with E-state index in [4.69, 9.17) is 18.9 Å². The van der Waals surface area contributed by atoms with E-state index in [-0.39, 0.29) is 37.8 Å². The van der Waals surface area contributed by atoms with Crippen LogP contribution in [-0.2, 0) is 28.5 Å². The van der Waals surface area contributed by atoms with Crippen LogP contribution in [0.4, 0.5) is 0 Å². The highest BCUT2D eigenvalue weighted by Crippen LogP contribution is 2.13. The minimum absolute atomic E-state index is 0.0127. The summed E-state index contributed by atoms with van der Waals surface area (Å²) in [6.45, 7) is 2.02. The summed E-state index contributed by atoms with van der Waals surface area (Å²) in [7, 11) is 0. The molecule has 2 heterocycles. The Kier molecular flexibility index (Phi) is 6.69. The Morgan fingerprint density at radius 3 is 2.19 bits per heavy atom. The molecule has 2 aliphatic heterocycles. The van der Waals surface area contributed by atoms with E-state index in [1.54, 1.807) is 0 Å². The maximum atomic E-state index is 11.4. The second kappa shape index (κ2) is 8.79. The van der Waals surface area contributed by atoms with Crippen LogP contribution in [0, 0.1) is 0 Å². The Labute approximate surface area is 124 Å². The fraction of sp³-hybridized carbons (Fsp3) is 0.733. The lowest BCUT2D eigenvalue weighted by atomic mass is 10.2. The van der Waals surface area contributed by atoms with Crippen LogP contribution in [0.5, 0.6) is 0 Å². The van der Waals surface area contributed by atoms with Crippen molar-refractivity contribution in [3.8, 4) is 0 Å². The average Bonchev–Trinajstić information content (AvgIpc) is 3.16. The maximum absolute atomic E-state index is 11.4. The lowest BCUT2D eigenvalue weighted by molar-refractivity contribution is -0.145. The second-order valence-electron chi connectivity index (χ2n) is 5.19. The van der Waals surface area contributed by atoms with Crippen molar-refractivity contribution in [1.82, 2.24) is 0 Å². The quantitative estimate of drug-likeness (QED) is 0.522. The van der Waals surface area contributed by atoms with E-state index in [2.05, 4.69) is 0 Å². The van der Waals surface area contributed by atoms with E-state index >= 15 is 0 Å². The molecule has 118 valence electrons. The van der Waals surface area contributed by atoms with Crippen LogP contribution in [0.3, 0.4) is 0 Å². The highest BCUT2D eigenvalue weighted by Gasteiger charge is 2.18. The van der Waals surface area contributed by atoms with Crippen LogP contribution in [0.25, 0.3) is 0 Å². The predicted molar refractivity (Wildman–Crippen MR) is 73.6 cm³/mol. The normalized spacial score (nSPS) is 25.3. The molecule has 6 nitrogen and oxygen atoms in total. The lowest BCUT2D eigenvalue weighted by Gasteiger charge is -2.09. The second-order valence-corrected chi connectivity index (χ2v) is 5.19. The van der Waals surface area contributed by atoms with E-state index in [1.165, 1.54) is 12.2 Å². The number of carbonyl (C=O) groups is 2. The first kappa shape index (κ1) is 16.0. The first-order chi connectivity index (χ1) is 10.2. The Morgan fingerprint density at radius 2 is 1.62 bits per heavy atom. The summed E-state index contributed by atoms with van der Waals surface area (Å²) in [6, 6.07) is 0. The molecule has 2 unspecified atom stereocenters. The van der Waals surface area contributed by atoms with E-state index in [0.29, 0.717) is 0 Å². The van der Waals surface area contributed by atoms with Crippen LogP contribution in [0.15, 0.2) is 12.2 Å². The topological polar surface area (TPSA) is 71.1 Å². The van der Waals surface area contributed by atoms with Crippen molar-refractivity contribution in [2.24, 2.45) is 0 Å². The molecule has 2 rings (SSSR count). The molecule has 0 aromatic rings. The molecule has 0 bridgehead atoms. The number of ether oxygens (including phenoxy) is 4. The molecule has 0 radical (unpaired) electrons. The smallest absolute Gasteiger partial charge is 0.330 e. The summed E-state index contributed by atoms with van der Waals surface area (Å²) < 4.78 is 20.8. The molecule has 0 aromatic heterocycles. The zero-order chi connectivity index (χ0) is 14.9. The van der Waals surface area contributed by atoms with Crippen molar-refractivity contribution in [2.75, 3.05) is 26.4 Å². The van der Waals surface area contributed by atoms with Gasteiger partial charge in [0.15, 0.2) is 0 Å². The van der Waals surface area contributed by atoms with E-state index in [1.807, 2.05) is 0 Å². The van der Waals surface area contributed by atoms with Crippen LogP contribution >= 0.6 is 0 Å². The molecule has 0 spiro atoms.